The molecule has 0 amide bonds. The number of benzene rings is 5. The van der Waals surface area contributed by atoms with E-state index in [1.807, 2.05) is 12.1 Å². The Hall–Kier alpha value is -5.07. The van der Waals surface area contributed by atoms with E-state index < -0.39 is 0 Å². The second-order valence-electron chi connectivity index (χ2n) is 9.40. The second-order valence-corrected chi connectivity index (χ2v) is 9.40. The highest BCUT2D eigenvalue weighted by Gasteiger charge is 2.22. The average molecular weight is 490 g/mol. The first-order valence-electron chi connectivity index (χ1n) is 12.8. The van der Waals surface area contributed by atoms with Crippen LogP contribution in [0.3, 0.4) is 0 Å². The number of aromatic nitrogens is 1. The molecule has 0 aliphatic heterocycles. The van der Waals surface area contributed by atoms with Crippen LogP contribution in [-0.2, 0) is 0 Å². The third-order valence-electron chi connectivity index (χ3n) is 7.12. The minimum absolute atomic E-state index is 0.104. The zero-order chi connectivity index (χ0) is 25.9. The Morgan fingerprint density at radius 3 is 2.00 bits per heavy atom. The highest BCUT2D eigenvalue weighted by atomic mass is 15.2. The van der Waals surface area contributed by atoms with E-state index >= 15 is 0 Å². The van der Waals surface area contributed by atoms with Crippen molar-refractivity contribution in [2.24, 2.45) is 0 Å². The van der Waals surface area contributed by atoms with Crippen LogP contribution < -0.4 is 4.90 Å². The smallest absolute Gasteiger partial charge is 0.0909 e. The Balaban J connectivity index is 1.50. The third kappa shape index (κ3) is 4.13. The van der Waals surface area contributed by atoms with E-state index in [2.05, 4.69) is 137 Å². The molecule has 1 unspecified atom stereocenters. The van der Waals surface area contributed by atoms with Crippen LogP contribution in [0.4, 0.5) is 11.4 Å². The van der Waals surface area contributed by atoms with Gasteiger partial charge < -0.3 is 9.47 Å². The van der Waals surface area contributed by atoms with Crippen LogP contribution in [0.1, 0.15) is 12.5 Å². The molecule has 38 heavy (non-hydrogen) atoms. The van der Waals surface area contributed by atoms with E-state index in [1.54, 1.807) is 6.08 Å². The Bertz CT molecular complexity index is 1780. The lowest BCUT2D eigenvalue weighted by molar-refractivity contribution is 0.631. The number of hydrogen-bond donors (Lipinski definition) is 0. The number of nitriles is 1. The van der Waals surface area contributed by atoms with Crippen molar-refractivity contribution in [1.82, 2.24) is 4.57 Å². The van der Waals surface area contributed by atoms with Gasteiger partial charge in [0.25, 0.3) is 0 Å². The normalized spacial score (nSPS) is 12.2. The predicted molar refractivity (Wildman–Crippen MR) is 160 cm³/mol. The first-order chi connectivity index (χ1) is 18.8. The molecule has 3 nitrogen and oxygen atoms in total. The second kappa shape index (κ2) is 10.1. The Morgan fingerprint density at radius 2 is 1.32 bits per heavy atom. The van der Waals surface area contributed by atoms with Gasteiger partial charge in [0.1, 0.15) is 0 Å². The van der Waals surface area contributed by atoms with Gasteiger partial charge in [-0.05, 0) is 35.7 Å². The maximum Gasteiger partial charge on any atom is 0.0909 e. The summed E-state index contributed by atoms with van der Waals surface area (Å²) in [5.41, 5.74) is 5.38. The fraction of sp³-hybridized carbons (Fsp3) is 0.0571. The van der Waals surface area contributed by atoms with Gasteiger partial charge in [-0.3, -0.25) is 0 Å². The number of hydrogen-bond acceptors (Lipinski definition) is 2. The summed E-state index contributed by atoms with van der Waals surface area (Å²) in [7, 11) is 0. The Kier molecular flexibility index (Phi) is 6.22. The highest BCUT2D eigenvalue weighted by Crippen LogP contribution is 2.39. The van der Waals surface area contributed by atoms with Crippen molar-refractivity contribution in [2.45, 2.75) is 12.5 Å². The molecule has 0 radical (unpaired) electrons. The van der Waals surface area contributed by atoms with Crippen LogP contribution in [0.25, 0.3) is 32.6 Å². The standard InChI is InChI=1S/C35H27N3/c1-26(37(28-15-3-2-4-16-28)33-23-11-14-27-13-5-6-18-30(27)33)25-29(17-12-24-36)38-34-21-9-7-19-31(34)32-20-8-10-22-35(32)38/h2-23,29H,1,25H2/b17-12+. The van der Waals surface area contributed by atoms with Crippen molar-refractivity contribution in [2.75, 3.05) is 4.90 Å². The average Bonchev–Trinajstić information content (AvgIpc) is 3.30. The molecule has 6 aromatic rings. The molecule has 0 bridgehead atoms. The fourth-order valence-corrected chi connectivity index (χ4v) is 5.51. The van der Waals surface area contributed by atoms with Crippen LogP contribution in [-0.4, -0.2) is 4.57 Å². The number of anilines is 2. The molecule has 1 heterocycles. The van der Waals surface area contributed by atoms with Gasteiger partial charge >= 0.3 is 0 Å². The van der Waals surface area contributed by atoms with Crippen molar-refractivity contribution >= 4 is 44.0 Å². The Labute approximate surface area is 222 Å². The van der Waals surface area contributed by atoms with Crippen molar-refractivity contribution in [3.05, 3.63) is 146 Å². The number of para-hydroxylation sites is 3. The molecule has 3 heteroatoms. The maximum atomic E-state index is 9.48. The van der Waals surface area contributed by atoms with Gasteiger partial charge in [-0.15, -0.1) is 0 Å². The van der Waals surface area contributed by atoms with E-state index in [0.29, 0.717) is 6.42 Å². The van der Waals surface area contributed by atoms with Crippen LogP contribution in [0.15, 0.2) is 146 Å². The quantitative estimate of drug-likeness (QED) is 0.209. The van der Waals surface area contributed by atoms with Gasteiger partial charge in [-0.2, -0.15) is 5.26 Å². The minimum atomic E-state index is -0.104. The van der Waals surface area contributed by atoms with E-state index in [0.717, 1.165) is 28.1 Å². The lowest BCUT2D eigenvalue weighted by atomic mass is 10.0. The summed E-state index contributed by atoms with van der Waals surface area (Å²) in [6.45, 7) is 4.63. The van der Waals surface area contributed by atoms with Gasteiger partial charge in [0.2, 0.25) is 0 Å². The maximum absolute atomic E-state index is 9.48. The molecule has 0 saturated carbocycles. The summed E-state index contributed by atoms with van der Waals surface area (Å²) >= 11 is 0. The summed E-state index contributed by atoms with van der Waals surface area (Å²) < 4.78 is 2.34. The molecule has 0 aliphatic rings. The number of fused-ring (bicyclic) bond motifs is 4. The Morgan fingerprint density at radius 1 is 0.737 bits per heavy atom. The molecule has 0 N–H and O–H groups in total. The zero-order valence-corrected chi connectivity index (χ0v) is 21.0. The summed E-state index contributed by atoms with van der Waals surface area (Å²) in [6, 6.07) is 44.3. The topological polar surface area (TPSA) is 32.0 Å². The lowest BCUT2D eigenvalue weighted by Gasteiger charge is -2.31. The van der Waals surface area contributed by atoms with Crippen molar-refractivity contribution < 1.29 is 0 Å². The molecule has 5 aromatic carbocycles. The van der Waals surface area contributed by atoms with Crippen LogP contribution >= 0.6 is 0 Å². The van der Waals surface area contributed by atoms with Crippen molar-refractivity contribution in [3.8, 4) is 6.07 Å². The van der Waals surface area contributed by atoms with Gasteiger partial charge in [0.05, 0.1) is 17.8 Å². The van der Waals surface area contributed by atoms with Gasteiger partial charge in [0, 0.05) is 51.1 Å². The summed E-state index contributed by atoms with van der Waals surface area (Å²) in [6.07, 6.45) is 4.21. The number of nitrogens with zero attached hydrogens (tertiary/aromatic N) is 3. The SMILES string of the molecule is C=C(CC(/C=C/C#N)n1c2ccccc2c2ccccc21)N(c1ccccc1)c1cccc2ccccc12. The van der Waals surface area contributed by atoms with Gasteiger partial charge in [-0.25, -0.2) is 0 Å². The summed E-state index contributed by atoms with van der Waals surface area (Å²) in [4.78, 5) is 2.25. The number of rotatable bonds is 7. The summed E-state index contributed by atoms with van der Waals surface area (Å²) in [5, 5.41) is 14.2. The van der Waals surface area contributed by atoms with Crippen molar-refractivity contribution in [3.63, 3.8) is 0 Å². The van der Waals surface area contributed by atoms with Crippen LogP contribution in [0, 0.1) is 11.3 Å². The van der Waals surface area contributed by atoms with Gasteiger partial charge in [0.15, 0.2) is 0 Å². The first-order valence-corrected chi connectivity index (χ1v) is 12.8. The molecule has 6 rings (SSSR count). The van der Waals surface area contributed by atoms with E-state index in [4.69, 9.17) is 0 Å². The number of allylic oxidation sites excluding steroid dienone is 3. The monoisotopic (exact) mass is 489 g/mol. The first kappa shape index (κ1) is 23.3. The van der Waals surface area contributed by atoms with Crippen LogP contribution in [0.5, 0.6) is 0 Å². The van der Waals surface area contributed by atoms with E-state index in [9.17, 15) is 5.26 Å². The summed E-state index contributed by atoms with van der Waals surface area (Å²) in [5.74, 6) is 0. The molecule has 0 fully saturated rings. The molecular formula is C35H27N3. The van der Waals surface area contributed by atoms with E-state index in [1.165, 1.54) is 21.5 Å². The molecule has 1 atom stereocenters. The van der Waals surface area contributed by atoms with Crippen molar-refractivity contribution in [1.29, 1.82) is 5.26 Å². The highest BCUT2D eigenvalue weighted by molar-refractivity contribution is 6.08. The molecule has 0 aliphatic carbocycles. The molecule has 0 spiro atoms. The largest absolute Gasteiger partial charge is 0.333 e. The fourth-order valence-electron chi connectivity index (χ4n) is 5.51. The molecular weight excluding hydrogens is 462 g/mol. The molecule has 182 valence electrons. The minimum Gasteiger partial charge on any atom is -0.333 e. The predicted octanol–water partition coefficient (Wildman–Crippen LogP) is 9.31. The lowest BCUT2D eigenvalue weighted by Crippen LogP contribution is -2.19. The third-order valence-corrected chi connectivity index (χ3v) is 7.12. The van der Waals surface area contributed by atoms with E-state index in [-0.39, 0.29) is 6.04 Å². The molecule has 1 aromatic heterocycles. The van der Waals surface area contributed by atoms with Gasteiger partial charge in [-0.1, -0.05) is 104 Å². The zero-order valence-electron chi connectivity index (χ0n) is 21.0. The molecule has 0 saturated heterocycles. The van der Waals surface area contributed by atoms with Crippen LogP contribution in [0.2, 0.25) is 0 Å².